The molecule has 0 aliphatic carbocycles. The van der Waals surface area contributed by atoms with Crippen LogP contribution in [0.4, 0.5) is 9.18 Å². The Morgan fingerprint density at radius 1 is 1.16 bits per heavy atom. The van der Waals surface area contributed by atoms with Gasteiger partial charge in [-0.25, -0.2) is 4.39 Å². The van der Waals surface area contributed by atoms with Gasteiger partial charge < -0.3 is 4.74 Å². The summed E-state index contributed by atoms with van der Waals surface area (Å²) >= 11 is 0.920. The van der Waals surface area contributed by atoms with E-state index in [4.69, 9.17) is 4.74 Å². The van der Waals surface area contributed by atoms with Gasteiger partial charge in [-0.1, -0.05) is 30.3 Å². The Bertz CT molecular complexity index is 850. The van der Waals surface area contributed by atoms with Gasteiger partial charge in [-0.2, -0.15) is 0 Å². The van der Waals surface area contributed by atoms with Crippen LogP contribution < -0.4 is 4.74 Å². The fraction of sp³-hybridized carbons (Fsp3) is 0.158. The zero-order chi connectivity index (χ0) is 17.8. The number of nitrogens with zero attached hydrogens (tertiary/aromatic N) is 1. The van der Waals surface area contributed by atoms with E-state index in [-0.39, 0.29) is 23.6 Å². The molecule has 3 rings (SSSR count). The van der Waals surface area contributed by atoms with Gasteiger partial charge in [0.2, 0.25) is 0 Å². The van der Waals surface area contributed by atoms with E-state index in [2.05, 4.69) is 0 Å². The van der Waals surface area contributed by atoms with Crippen LogP contribution in [0.1, 0.15) is 18.1 Å². The first-order chi connectivity index (χ1) is 12.1. The zero-order valence-corrected chi connectivity index (χ0v) is 14.4. The van der Waals surface area contributed by atoms with Crippen molar-refractivity contribution in [3.05, 3.63) is 70.4 Å². The van der Waals surface area contributed by atoms with Crippen LogP contribution in [0.15, 0.2) is 53.4 Å². The summed E-state index contributed by atoms with van der Waals surface area (Å²) in [6, 6.07) is 13.4. The molecule has 0 N–H and O–H groups in total. The van der Waals surface area contributed by atoms with Gasteiger partial charge in [-0.15, -0.1) is 0 Å². The lowest BCUT2D eigenvalue weighted by Gasteiger charge is -2.10. The molecule has 2 amide bonds. The molecule has 1 heterocycles. The van der Waals surface area contributed by atoms with E-state index < -0.39 is 0 Å². The summed E-state index contributed by atoms with van der Waals surface area (Å²) < 4.78 is 19.0. The maximum absolute atomic E-state index is 13.3. The van der Waals surface area contributed by atoms with Crippen molar-refractivity contribution in [2.45, 2.75) is 13.5 Å². The van der Waals surface area contributed by atoms with Crippen LogP contribution in [-0.4, -0.2) is 22.6 Å². The SMILES string of the molecule is CCN1C(=O)S/C(=C/c2ccccc2OCc2cccc(F)c2)C1=O. The molecular formula is C19H16FNO3S. The molecule has 2 aromatic carbocycles. The molecule has 0 aromatic heterocycles. The van der Waals surface area contributed by atoms with E-state index in [1.807, 2.05) is 12.1 Å². The Kier molecular flexibility index (Phi) is 5.19. The third-order valence-corrected chi connectivity index (χ3v) is 4.59. The highest BCUT2D eigenvalue weighted by Crippen LogP contribution is 2.33. The Hall–Kier alpha value is -2.60. The molecule has 0 radical (unpaired) electrons. The van der Waals surface area contributed by atoms with Gasteiger partial charge in [0.05, 0.1) is 4.91 Å². The van der Waals surface area contributed by atoms with Gasteiger partial charge >= 0.3 is 0 Å². The number of hydrogen-bond donors (Lipinski definition) is 0. The average Bonchev–Trinajstić information content (AvgIpc) is 2.87. The van der Waals surface area contributed by atoms with Crippen molar-refractivity contribution in [1.29, 1.82) is 0 Å². The van der Waals surface area contributed by atoms with Crippen LogP contribution in [0.2, 0.25) is 0 Å². The minimum atomic E-state index is -0.317. The first kappa shape index (κ1) is 17.2. The van der Waals surface area contributed by atoms with E-state index >= 15 is 0 Å². The minimum Gasteiger partial charge on any atom is -0.488 e. The molecule has 0 saturated carbocycles. The summed E-state index contributed by atoms with van der Waals surface area (Å²) in [6.45, 7) is 2.31. The third kappa shape index (κ3) is 3.91. The lowest BCUT2D eigenvalue weighted by atomic mass is 10.1. The fourth-order valence-corrected chi connectivity index (χ4v) is 3.33. The molecule has 1 saturated heterocycles. The maximum atomic E-state index is 13.3. The molecule has 128 valence electrons. The number of carbonyl (C=O) groups excluding carboxylic acids is 2. The highest BCUT2D eigenvalue weighted by Gasteiger charge is 2.33. The van der Waals surface area contributed by atoms with Crippen molar-refractivity contribution in [1.82, 2.24) is 4.90 Å². The molecule has 1 aliphatic heterocycles. The highest BCUT2D eigenvalue weighted by molar-refractivity contribution is 8.18. The monoisotopic (exact) mass is 357 g/mol. The molecule has 0 spiro atoms. The smallest absolute Gasteiger partial charge is 0.293 e. The first-order valence-electron chi connectivity index (χ1n) is 7.80. The van der Waals surface area contributed by atoms with E-state index in [1.54, 1.807) is 37.3 Å². The number of thioether (sulfide) groups is 1. The Morgan fingerprint density at radius 2 is 1.96 bits per heavy atom. The minimum absolute atomic E-state index is 0.207. The number of carbonyl (C=O) groups is 2. The zero-order valence-electron chi connectivity index (χ0n) is 13.6. The second kappa shape index (κ2) is 7.53. The number of imide groups is 1. The third-order valence-electron chi connectivity index (χ3n) is 3.68. The largest absolute Gasteiger partial charge is 0.488 e. The lowest BCUT2D eigenvalue weighted by molar-refractivity contribution is -0.122. The topological polar surface area (TPSA) is 46.6 Å². The number of benzene rings is 2. The molecule has 4 nitrogen and oxygen atoms in total. The fourth-order valence-electron chi connectivity index (χ4n) is 2.43. The average molecular weight is 357 g/mol. The summed E-state index contributed by atoms with van der Waals surface area (Å²) in [5.41, 5.74) is 1.40. The standard InChI is InChI=1S/C19H16FNO3S/c1-2-21-18(22)17(25-19(21)23)11-14-7-3-4-9-16(14)24-12-13-6-5-8-15(20)10-13/h3-11H,2,12H2,1H3/b17-11+. The summed E-state index contributed by atoms with van der Waals surface area (Å²) in [6.07, 6.45) is 1.65. The van der Waals surface area contributed by atoms with Crippen LogP contribution in [0.5, 0.6) is 5.75 Å². The molecule has 0 unspecified atom stereocenters. The van der Waals surface area contributed by atoms with Crippen molar-refractivity contribution in [3.63, 3.8) is 0 Å². The van der Waals surface area contributed by atoms with Crippen molar-refractivity contribution >= 4 is 29.0 Å². The Morgan fingerprint density at radius 3 is 2.68 bits per heavy atom. The number of likely N-dealkylation sites (N-methyl/N-ethyl adjacent to an activating group) is 1. The summed E-state index contributed by atoms with van der Waals surface area (Å²) in [5, 5.41) is -0.267. The number of amides is 2. The second-order valence-corrected chi connectivity index (χ2v) is 6.38. The molecule has 1 aliphatic rings. The van der Waals surface area contributed by atoms with Crippen LogP contribution in [0.25, 0.3) is 6.08 Å². The van der Waals surface area contributed by atoms with E-state index in [1.165, 1.54) is 17.0 Å². The van der Waals surface area contributed by atoms with Crippen molar-refractivity contribution in [2.24, 2.45) is 0 Å². The number of rotatable bonds is 5. The predicted octanol–water partition coefficient (Wildman–Crippen LogP) is 4.46. The van der Waals surface area contributed by atoms with E-state index in [0.717, 1.165) is 11.8 Å². The summed E-state index contributed by atoms with van der Waals surface area (Å²) in [7, 11) is 0. The molecular weight excluding hydrogens is 341 g/mol. The Labute approximate surface area is 149 Å². The van der Waals surface area contributed by atoms with Gasteiger partial charge in [-0.05, 0) is 48.5 Å². The van der Waals surface area contributed by atoms with E-state index in [9.17, 15) is 14.0 Å². The van der Waals surface area contributed by atoms with E-state index in [0.29, 0.717) is 28.3 Å². The Balaban J connectivity index is 1.81. The highest BCUT2D eigenvalue weighted by atomic mass is 32.2. The predicted molar refractivity (Wildman–Crippen MR) is 95.5 cm³/mol. The van der Waals surface area contributed by atoms with Crippen LogP contribution >= 0.6 is 11.8 Å². The number of hydrogen-bond acceptors (Lipinski definition) is 4. The quantitative estimate of drug-likeness (QED) is 0.741. The van der Waals surface area contributed by atoms with Gasteiger partial charge in [-0.3, -0.25) is 14.5 Å². The summed E-state index contributed by atoms with van der Waals surface area (Å²) in [4.78, 5) is 25.6. The van der Waals surface area contributed by atoms with Gasteiger partial charge in [0.1, 0.15) is 18.2 Å². The maximum Gasteiger partial charge on any atom is 0.293 e. The lowest BCUT2D eigenvalue weighted by Crippen LogP contribution is -2.27. The number of para-hydroxylation sites is 1. The molecule has 0 atom stereocenters. The second-order valence-electron chi connectivity index (χ2n) is 5.38. The van der Waals surface area contributed by atoms with Gasteiger partial charge in [0.15, 0.2) is 0 Å². The van der Waals surface area contributed by atoms with Gasteiger partial charge in [0.25, 0.3) is 11.1 Å². The molecule has 2 aromatic rings. The van der Waals surface area contributed by atoms with Crippen LogP contribution in [0.3, 0.4) is 0 Å². The molecule has 1 fully saturated rings. The summed E-state index contributed by atoms with van der Waals surface area (Å²) in [5.74, 6) is -0.0462. The number of halogens is 1. The van der Waals surface area contributed by atoms with Crippen LogP contribution in [0, 0.1) is 5.82 Å². The molecule has 6 heteroatoms. The first-order valence-corrected chi connectivity index (χ1v) is 8.61. The molecule has 25 heavy (non-hydrogen) atoms. The van der Waals surface area contributed by atoms with Crippen molar-refractivity contribution < 1.29 is 18.7 Å². The molecule has 0 bridgehead atoms. The van der Waals surface area contributed by atoms with Crippen molar-refractivity contribution in [3.8, 4) is 5.75 Å². The van der Waals surface area contributed by atoms with Crippen molar-refractivity contribution in [2.75, 3.05) is 6.54 Å². The van der Waals surface area contributed by atoms with Crippen LogP contribution in [-0.2, 0) is 11.4 Å². The number of ether oxygens (including phenoxy) is 1. The normalized spacial score (nSPS) is 15.9. The van der Waals surface area contributed by atoms with Gasteiger partial charge in [0, 0.05) is 12.1 Å².